The largest absolute Gasteiger partial charge is 0.493 e. The molecule has 0 aromatic heterocycles. The molecule has 0 heterocycles. The molecular formula is C50H46O8. The minimum absolute atomic E-state index is 0.205. The summed E-state index contributed by atoms with van der Waals surface area (Å²) >= 11 is 0. The van der Waals surface area contributed by atoms with Crippen molar-refractivity contribution in [1.82, 2.24) is 0 Å². The Morgan fingerprint density at radius 2 is 0.897 bits per heavy atom. The van der Waals surface area contributed by atoms with Crippen molar-refractivity contribution in [3.8, 4) is 56.4 Å². The Labute approximate surface area is 339 Å². The van der Waals surface area contributed by atoms with Gasteiger partial charge in [0.15, 0.2) is 0 Å². The molecule has 6 rings (SSSR count). The summed E-state index contributed by atoms with van der Waals surface area (Å²) in [5, 5.41) is 0. The zero-order chi connectivity index (χ0) is 40.4. The van der Waals surface area contributed by atoms with Gasteiger partial charge in [0.25, 0.3) is 0 Å². The molecule has 0 bridgehead atoms. The zero-order valence-electron chi connectivity index (χ0n) is 32.7. The second kappa shape index (κ2) is 21.3. The predicted molar refractivity (Wildman–Crippen MR) is 227 cm³/mol. The highest BCUT2D eigenvalue weighted by atomic mass is 16.5. The summed E-state index contributed by atoms with van der Waals surface area (Å²) < 4.78 is 34.3. The van der Waals surface area contributed by atoms with Gasteiger partial charge in [-0.2, -0.15) is 0 Å². The fourth-order valence-corrected chi connectivity index (χ4v) is 5.78. The number of carbonyl (C=O) groups excluding carboxylic acids is 2. The molecule has 0 aliphatic heterocycles. The third kappa shape index (κ3) is 12.2. The molecule has 58 heavy (non-hydrogen) atoms. The second-order valence-corrected chi connectivity index (χ2v) is 13.3. The first kappa shape index (κ1) is 40.6. The van der Waals surface area contributed by atoms with E-state index in [1.54, 1.807) is 13.8 Å². The van der Waals surface area contributed by atoms with Crippen LogP contribution in [0.5, 0.6) is 23.0 Å². The van der Waals surface area contributed by atoms with Gasteiger partial charge in [0, 0.05) is 18.4 Å². The lowest BCUT2D eigenvalue weighted by Gasteiger charge is -2.13. The molecule has 0 atom stereocenters. The van der Waals surface area contributed by atoms with Crippen LogP contribution in [0.25, 0.3) is 33.4 Å². The Hall–Kier alpha value is -7.06. The molecule has 0 fully saturated rings. The van der Waals surface area contributed by atoms with E-state index in [0.717, 1.165) is 39.1 Å². The van der Waals surface area contributed by atoms with Crippen LogP contribution < -0.4 is 18.9 Å². The Morgan fingerprint density at radius 3 is 1.43 bits per heavy atom. The first-order valence-corrected chi connectivity index (χ1v) is 19.2. The predicted octanol–water partition coefficient (Wildman–Crippen LogP) is 11.3. The summed E-state index contributed by atoms with van der Waals surface area (Å²) in [5.74, 6) is 1.80. The van der Waals surface area contributed by atoms with Crippen LogP contribution in [0, 0.1) is 0 Å². The third-order valence-corrected chi connectivity index (χ3v) is 8.89. The number of para-hydroxylation sites is 1. The molecule has 8 heteroatoms. The molecule has 0 amide bonds. The minimum atomic E-state index is -0.446. The maximum absolute atomic E-state index is 12.6. The highest BCUT2D eigenvalue weighted by Gasteiger charge is 2.11. The van der Waals surface area contributed by atoms with E-state index >= 15 is 0 Å². The van der Waals surface area contributed by atoms with Gasteiger partial charge in [-0.05, 0) is 84.1 Å². The SMILES string of the molecule is CC(=COc1cccc(-c2ccccc2)c1)C(=O)OCCCOc1ccc(-c2ccccc2OCCCOC(=O)C(C)=COc2cccc(-c3ccccc3)c2)cc1. The molecule has 0 saturated heterocycles. The molecule has 0 spiro atoms. The van der Waals surface area contributed by atoms with E-state index in [1.165, 1.54) is 12.5 Å². The second-order valence-electron chi connectivity index (χ2n) is 13.3. The number of rotatable bonds is 19. The number of ether oxygens (including phenoxy) is 6. The van der Waals surface area contributed by atoms with Gasteiger partial charge in [-0.3, -0.25) is 0 Å². The number of hydrogen-bond donors (Lipinski definition) is 0. The van der Waals surface area contributed by atoms with Crippen LogP contribution in [-0.2, 0) is 19.1 Å². The topological polar surface area (TPSA) is 89.5 Å². The minimum Gasteiger partial charge on any atom is -0.493 e. The van der Waals surface area contributed by atoms with Crippen molar-refractivity contribution in [1.29, 1.82) is 0 Å². The Morgan fingerprint density at radius 1 is 0.431 bits per heavy atom. The molecule has 0 N–H and O–H groups in total. The van der Waals surface area contributed by atoms with E-state index in [9.17, 15) is 9.59 Å². The van der Waals surface area contributed by atoms with Crippen LogP contribution in [0.4, 0.5) is 0 Å². The Bertz CT molecular complexity index is 2300. The molecule has 6 aromatic rings. The van der Waals surface area contributed by atoms with Crippen LogP contribution in [-0.4, -0.2) is 38.4 Å². The van der Waals surface area contributed by atoms with Crippen LogP contribution in [0.15, 0.2) is 181 Å². The van der Waals surface area contributed by atoms with Crippen LogP contribution in [0.3, 0.4) is 0 Å². The van der Waals surface area contributed by atoms with Gasteiger partial charge >= 0.3 is 11.9 Å². The smallest absolute Gasteiger partial charge is 0.336 e. The van der Waals surface area contributed by atoms with Crippen molar-refractivity contribution in [3.05, 3.63) is 181 Å². The van der Waals surface area contributed by atoms with Gasteiger partial charge < -0.3 is 28.4 Å². The van der Waals surface area contributed by atoms with Crippen molar-refractivity contribution in [2.24, 2.45) is 0 Å². The number of benzene rings is 6. The zero-order valence-corrected chi connectivity index (χ0v) is 32.7. The molecule has 8 nitrogen and oxygen atoms in total. The van der Waals surface area contributed by atoms with Gasteiger partial charge in [0.05, 0.1) is 37.6 Å². The molecule has 0 radical (unpaired) electrons. The first-order valence-electron chi connectivity index (χ1n) is 19.2. The third-order valence-electron chi connectivity index (χ3n) is 8.89. The summed E-state index contributed by atoms with van der Waals surface area (Å²) in [6, 6.07) is 50.9. The van der Waals surface area contributed by atoms with Crippen molar-refractivity contribution >= 4 is 11.9 Å². The van der Waals surface area contributed by atoms with E-state index in [4.69, 9.17) is 28.4 Å². The van der Waals surface area contributed by atoms with Crippen molar-refractivity contribution in [2.45, 2.75) is 26.7 Å². The number of hydrogen-bond acceptors (Lipinski definition) is 8. The Kier molecular flexibility index (Phi) is 14.9. The lowest BCUT2D eigenvalue weighted by molar-refractivity contribution is -0.140. The Balaban J connectivity index is 0.877. The monoisotopic (exact) mass is 774 g/mol. The standard InChI is InChI=1S/C50H46O8/c1-37(35-57-45-21-11-19-42(33-45)39-15-5-3-6-16-39)49(51)55-31-13-29-53-44-27-25-41(26-28-44)47-23-9-10-24-48(47)54-30-14-32-56-50(52)38(2)36-58-46-22-12-20-43(34-46)40-17-7-4-8-18-40/h3-12,15-28,33-36H,13-14,29-32H2,1-2H3. The van der Waals surface area contributed by atoms with Crippen LogP contribution in [0.1, 0.15) is 26.7 Å². The van der Waals surface area contributed by atoms with Gasteiger partial charge in [-0.1, -0.05) is 115 Å². The highest BCUT2D eigenvalue weighted by molar-refractivity contribution is 5.88. The summed E-state index contributed by atoms with van der Waals surface area (Å²) in [6.07, 6.45) is 3.87. The van der Waals surface area contributed by atoms with E-state index in [1.807, 2.05) is 158 Å². The van der Waals surface area contributed by atoms with E-state index in [-0.39, 0.29) is 13.2 Å². The molecule has 0 unspecified atom stereocenters. The average molecular weight is 775 g/mol. The van der Waals surface area contributed by atoms with Crippen LogP contribution >= 0.6 is 0 Å². The summed E-state index contributed by atoms with van der Waals surface area (Å²) in [4.78, 5) is 25.1. The van der Waals surface area contributed by atoms with Crippen molar-refractivity contribution < 1.29 is 38.0 Å². The molecule has 0 saturated carbocycles. The fourth-order valence-electron chi connectivity index (χ4n) is 5.78. The van der Waals surface area contributed by atoms with Gasteiger partial charge in [-0.25, -0.2) is 9.59 Å². The van der Waals surface area contributed by atoms with Gasteiger partial charge in [0.2, 0.25) is 0 Å². The molecule has 0 aliphatic carbocycles. The lowest BCUT2D eigenvalue weighted by Crippen LogP contribution is -2.10. The molecule has 6 aromatic carbocycles. The highest BCUT2D eigenvalue weighted by Crippen LogP contribution is 2.31. The first-order chi connectivity index (χ1) is 28.4. The lowest BCUT2D eigenvalue weighted by atomic mass is 10.0. The fraction of sp³-hybridized carbons (Fsp3) is 0.160. The van der Waals surface area contributed by atoms with Gasteiger partial charge in [-0.15, -0.1) is 0 Å². The van der Waals surface area contributed by atoms with E-state index in [0.29, 0.717) is 54.5 Å². The quantitative estimate of drug-likeness (QED) is 0.0348. The molecular weight excluding hydrogens is 729 g/mol. The van der Waals surface area contributed by atoms with E-state index in [2.05, 4.69) is 0 Å². The number of carbonyl (C=O) groups is 2. The summed E-state index contributed by atoms with van der Waals surface area (Å²) in [6.45, 7) is 4.49. The average Bonchev–Trinajstić information content (AvgIpc) is 3.28. The maximum atomic E-state index is 12.6. The van der Waals surface area contributed by atoms with Gasteiger partial charge in [0.1, 0.15) is 35.5 Å². The van der Waals surface area contributed by atoms with Crippen molar-refractivity contribution in [3.63, 3.8) is 0 Å². The normalized spacial score (nSPS) is 11.3. The van der Waals surface area contributed by atoms with Crippen LogP contribution in [0.2, 0.25) is 0 Å². The summed E-state index contributed by atoms with van der Waals surface area (Å²) in [5.41, 5.74) is 6.84. The molecule has 0 aliphatic rings. The van der Waals surface area contributed by atoms with Crippen molar-refractivity contribution in [2.75, 3.05) is 26.4 Å². The van der Waals surface area contributed by atoms with E-state index < -0.39 is 11.9 Å². The maximum Gasteiger partial charge on any atom is 0.336 e. The number of esters is 2. The molecule has 294 valence electrons. The summed E-state index contributed by atoms with van der Waals surface area (Å²) in [7, 11) is 0.